The molecule has 142 valence electrons. The van der Waals surface area contributed by atoms with E-state index in [0.717, 1.165) is 5.56 Å². The molecule has 2 aliphatic rings. The Bertz CT molecular complexity index is 676. The normalized spacial score (nSPS) is 19.8. The molecule has 3 rings (SSSR count). The number of carbonyl (C=O) groups is 2. The number of piperidine rings is 1. The Hall–Kier alpha value is -2.25. The van der Waals surface area contributed by atoms with Gasteiger partial charge in [0.1, 0.15) is 5.41 Å². The van der Waals surface area contributed by atoms with Crippen LogP contribution < -0.4 is 10.6 Å². The molecule has 0 bridgehead atoms. The molecule has 1 aromatic carbocycles. The number of alkyl halides is 3. The lowest BCUT2D eigenvalue weighted by atomic mass is 10.00. The zero-order chi connectivity index (χ0) is 18.9. The minimum atomic E-state index is -4.48. The van der Waals surface area contributed by atoms with Gasteiger partial charge in [-0.2, -0.15) is 13.2 Å². The van der Waals surface area contributed by atoms with E-state index in [-0.39, 0.29) is 38.0 Å². The van der Waals surface area contributed by atoms with Crippen LogP contribution in [0, 0.1) is 12.3 Å². The second-order valence-corrected chi connectivity index (χ2v) is 7.11. The van der Waals surface area contributed by atoms with Gasteiger partial charge in [0.15, 0.2) is 0 Å². The van der Waals surface area contributed by atoms with Crippen molar-refractivity contribution >= 4 is 17.6 Å². The van der Waals surface area contributed by atoms with E-state index in [1.807, 2.05) is 19.1 Å². The Labute approximate surface area is 149 Å². The molecular weight excluding hydrogens is 347 g/mol. The van der Waals surface area contributed by atoms with Crippen molar-refractivity contribution in [3.63, 3.8) is 0 Å². The Kier molecular flexibility index (Phi) is 4.86. The number of carbonyl (C=O) groups excluding carboxylic acids is 2. The average Bonchev–Trinajstić information content (AvgIpc) is 3.39. The van der Waals surface area contributed by atoms with Gasteiger partial charge in [-0.1, -0.05) is 17.7 Å². The summed E-state index contributed by atoms with van der Waals surface area (Å²) in [5, 5.41) is 5.54. The van der Waals surface area contributed by atoms with Crippen LogP contribution in [0.15, 0.2) is 24.3 Å². The number of nitrogens with one attached hydrogen (secondary N) is 2. The quantitative estimate of drug-likeness (QED) is 0.857. The zero-order valence-corrected chi connectivity index (χ0v) is 14.5. The van der Waals surface area contributed by atoms with Crippen molar-refractivity contribution in [3.8, 4) is 0 Å². The van der Waals surface area contributed by atoms with Crippen LogP contribution in [-0.2, 0) is 4.79 Å². The first-order valence-corrected chi connectivity index (χ1v) is 8.71. The maximum absolute atomic E-state index is 13.1. The van der Waals surface area contributed by atoms with Crippen molar-refractivity contribution in [2.24, 2.45) is 5.41 Å². The van der Waals surface area contributed by atoms with Gasteiger partial charge in [-0.3, -0.25) is 4.79 Å². The molecule has 0 radical (unpaired) electrons. The summed E-state index contributed by atoms with van der Waals surface area (Å²) in [6, 6.07) is 6.84. The highest BCUT2D eigenvalue weighted by molar-refractivity contribution is 5.89. The summed E-state index contributed by atoms with van der Waals surface area (Å²) in [6.07, 6.45) is -3.83. The summed E-state index contributed by atoms with van der Waals surface area (Å²) in [4.78, 5) is 25.6. The van der Waals surface area contributed by atoms with Crippen LogP contribution in [0.4, 0.5) is 23.7 Å². The first-order valence-electron chi connectivity index (χ1n) is 8.71. The molecule has 2 fully saturated rings. The number of anilines is 1. The predicted molar refractivity (Wildman–Crippen MR) is 90.7 cm³/mol. The number of benzene rings is 1. The van der Waals surface area contributed by atoms with E-state index in [4.69, 9.17) is 0 Å². The van der Waals surface area contributed by atoms with E-state index in [2.05, 4.69) is 10.6 Å². The average molecular weight is 369 g/mol. The third-order valence-corrected chi connectivity index (χ3v) is 5.13. The van der Waals surface area contributed by atoms with Crippen LogP contribution in [0.3, 0.4) is 0 Å². The van der Waals surface area contributed by atoms with E-state index in [1.54, 1.807) is 12.1 Å². The summed E-state index contributed by atoms with van der Waals surface area (Å²) in [6.45, 7) is 2.40. The van der Waals surface area contributed by atoms with Crippen LogP contribution in [0.5, 0.6) is 0 Å². The van der Waals surface area contributed by atoms with E-state index in [1.165, 1.54) is 4.90 Å². The number of amides is 3. The van der Waals surface area contributed by atoms with Crippen LogP contribution in [0.2, 0.25) is 0 Å². The molecule has 1 aliphatic carbocycles. The fourth-order valence-corrected chi connectivity index (χ4v) is 3.26. The molecular formula is C18H22F3N3O2. The fraction of sp³-hybridized carbons (Fsp3) is 0.556. The summed E-state index contributed by atoms with van der Waals surface area (Å²) in [5.41, 5.74) is -0.405. The number of urea groups is 1. The summed E-state index contributed by atoms with van der Waals surface area (Å²) < 4.78 is 39.2. The molecule has 8 heteroatoms. The Balaban J connectivity index is 1.47. The Morgan fingerprint density at radius 2 is 1.69 bits per heavy atom. The molecule has 0 atom stereocenters. The highest BCUT2D eigenvalue weighted by atomic mass is 19.4. The van der Waals surface area contributed by atoms with E-state index in [0.29, 0.717) is 18.5 Å². The number of halogens is 3. The first-order chi connectivity index (χ1) is 12.2. The van der Waals surface area contributed by atoms with Gasteiger partial charge in [0.05, 0.1) is 0 Å². The van der Waals surface area contributed by atoms with E-state index in [9.17, 15) is 22.8 Å². The molecule has 1 saturated heterocycles. The van der Waals surface area contributed by atoms with Gasteiger partial charge in [-0.05, 0) is 44.7 Å². The van der Waals surface area contributed by atoms with Crippen LogP contribution >= 0.6 is 0 Å². The minimum absolute atomic E-state index is 0.119. The number of rotatable bonds is 3. The van der Waals surface area contributed by atoms with E-state index >= 15 is 0 Å². The van der Waals surface area contributed by atoms with E-state index < -0.39 is 17.5 Å². The molecule has 1 saturated carbocycles. The number of hydrogen-bond donors (Lipinski definition) is 2. The molecule has 1 aromatic rings. The Morgan fingerprint density at radius 1 is 1.12 bits per heavy atom. The third-order valence-electron chi connectivity index (χ3n) is 5.13. The number of likely N-dealkylation sites (tertiary alicyclic amines) is 1. The molecule has 1 aliphatic heterocycles. The molecule has 1 heterocycles. The van der Waals surface area contributed by atoms with Crippen LogP contribution in [0.1, 0.15) is 31.2 Å². The highest BCUT2D eigenvalue weighted by Crippen LogP contribution is 2.58. The lowest BCUT2D eigenvalue weighted by molar-refractivity contribution is -0.199. The maximum atomic E-state index is 13.1. The second kappa shape index (κ2) is 6.81. The smallest absolute Gasteiger partial charge is 0.342 e. The molecule has 2 N–H and O–H groups in total. The van der Waals surface area contributed by atoms with Gasteiger partial charge in [0.2, 0.25) is 5.91 Å². The highest BCUT2D eigenvalue weighted by Gasteiger charge is 2.69. The molecule has 0 spiro atoms. The molecule has 0 aromatic heterocycles. The zero-order valence-electron chi connectivity index (χ0n) is 14.5. The van der Waals surface area contributed by atoms with Crippen molar-refractivity contribution in [2.45, 2.75) is 44.8 Å². The predicted octanol–water partition coefficient (Wildman–Crippen LogP) is 3.45. The largest absolute Gasteiger partial charge is 0.403 e. The molecule has 3 amide bonds. The maximum Gasteiger partial charge on any atom is 0.403 e. The minimum Gasteiger partial charge on any atom is -0.342 e. The number of nitrogens with zero attached hydrogens (tertiary/aromatic N) is 1. The van der Waals surface area contributed by atoms with Crippen molar-refractivity contribution in [3.05, 3.63) is 29.8 Å². The summed E-state index contributed by atoms with van der Waals surface area (Å²) >= 11 is 0. The summed E-state index contributed by atoms with van der Waals surface area (Å²) in [5.74, 6) is -0.812. The topological polar surface area (TPSA) is 61.4 Å². The van der Waals surface area contributed by atoms with Gasteiger partial charge < -0.3 is 15.5 Å². The van der Waals surface area contributed by atoms with Crippen LogP contribution in [0.25, 0.3) is 0 Å². The Morgan fingerprint density at radius 3 is 2.19 bits per heavy atom. The van der Waals surface area contributed by atoms with Crippen molar-refractivity contribution < 1.29 is 22.8 Å². The van der Waals surface area contributed by atoms with Crippen molar-refractivity contribution in [2.75, 3.05) is 18.4 Å². The first kappa shape index (κ1) is 18.5. The fourth-order valence-electron chi connectivity index (χ4n) is 3.26. The van der Waals surface area contributed by atoms with Gasteiger partial charge in [-0.15, -0.1) is 0 Å². The van der Waals surface area contributed by atoms with Gasteiger partial charge in [0.25, 0.3) is 0 Å². The molecule has 0 unspecified atom stereocenters. The van der Waals surface area contributed by atoms with Gasteiger partial charge >= 0.3 is 12.2 Å². The molecule has 5 nitrogen and oxygen atoms in total. The van der Waals surface area contributed by atoms with Gasteiger partial charge in [-0.25, -0.2) is 4.79 Å². The standard InChI is InChI=1S/C18H22F3N3O2/c1-12-2-4-13(5-3-12)22-16(26)23-14-6-10-24(11-7-14)15(25)17(8-9-17)18(19,20)21/h2-5,14H,6-11H2,1H3,(H2,22,23,26). The lowest BCUT2D eigenvalue weighted by Gasteiger charge is -2.35. The number of hydrogen-bond acceptors (Lipinski definition) is 2. The van der Waals surface area contributed by atoms with Crippen molar-refractivity contribution in [1.29, 1.82) is 0 Å². The SMILES string of the molecule is Cc1ccc(NC(=O)NC2CCN(C(=O)C3(C(F)(F)F)CC3)CC2)cc1. The van der Waals surface area contributed by atoms with Crippen LogP contribution in [-0.4, -0.2) is 42.1 Å². The summed E-state index contributed by atoms with van der Waals surface area (Å²) in [7, 11) is 0. The second-order valence-electron chi connectivity index (χ2n) is 7.11. The third kappa shape index (κ3) is 3.78. The monoisotopic (exact) mass is 369 g/mol. The molecule has 26 heavy (non-hydrogen) atoms. The lowest BCUT2D eigenvalue weighted by Crippen LogP contribution is -2.51. The van der Waals surface area contributed by atoms with Gasteiger partial charge in [0, 0.05) is 24.8 Å². The van der Waals surface area contributed by atoms with Crippen molar-refractivity contribution in [1.82, 2.24) is 10.2 Å². The number of aryl methyl sites for hydroxylation is 1.